The summed E-state index contributed by atoms with van der Waals surface area (Å²) in [5.41, 5.74) is 2.77. The monoisotopic (exact) mass is 392 g/mol. The molecule has 4 atom stereocenters. The van der Waals surface area contributed by atoms with Gasteiger partial charge in [0.25, 0.3) is 0 Å². The lowest BCUT2D eigenvalue weighted by molar-refractivity contribution is -0.0567. The quantitative estimate of drug-likeness (QED) is 0.498. The molecule has 6 nitrogen and oxygen atoms in total. The minimum atomic E-state index is -1.19. The molecule has 4 rings (SSSR count). The summed E-state index contributed by atoms with van der Waals surface area (Å²) in [6.07, 6.45) is -0.112. The summed E-state index contributed by atoms with van der Waals surface area (Å²) in [6, 6.07) is 17.1. The van der Waals surface area contributed by atoms with Crippen LogP contribution in [0.2, 0.25) is 0 Å². The van der Waals surface area contributed by atoms with E-state index in [1.54, 1.807) is 6.08 Å². The van der Waals surface area contributed by atoms with Crippen LogP contribution in [0.25, 0.3) is 10.9 Å². The molecule has 0 amide bonds. The zero-order valence-corrected chi connectivity index (χ0v) is 16.1. The smallest absolute Gasteiger partial charge is 0.153 e. The van der Waals surface area contributed by atoms with Gasteiger partial charge in [0, 0.05) is 17.6 Å². The fourth-order valence-corrected chi connectivity index (χ4v) is 3.40. The number of hydrogen-bond acceptors (Lipinski definition) is 6. The maximum atomic E-state index is 10.1. The normalized spacial score (nSPS) is 24.0. The zero-order chi connectivity index (χ0) is 20.4. The Balaban J connectivity index is 1.43. The van der Waals surface area contributed by atoms with Gasteiger partial charge in [-0.05, 0) is 36.8 Å². The molecule has 0 spiro atoms. The Bertz CT molecular complexity index is 1020. The van der Waals surface area contributed by atoms with Crippen LogP contribution in [-0.4, -0.2) is 44.7 Å². The van der Waals surface area contributed by atoms with Crippen LogP contribution in [0.15, 0.2) is 66.7 Å². The number of fused-ring (bicyclic) bond motifs is 1. The zero-order valence-electron chi connectivity index (χ0n) is 16.1. The number of hydrogen-bond donors (Lipinski definition) is 4. The number of pyridine rings is 1. The number of aliphatic hydroxyl groups excluding tert-OH is 3. The Morgan fingerprint density at radius 2 is 1.72 bits per heavy atom. The lowest BCUT2D eigenvalue weighted by atomic mass is 9.94. The van der Waals surface area contributed by atoms with Gasteiger partial charge in [0.2, 0.25) is 0 Å². The van der Waals surface area contributed by atoms with Crippen LogP contribution in [0, 0.1) is 6.92 Å². The maximum Gasteiger partial charge on any atom is 0.153 e. The van der Waals surface area contributed by atoms with Crippen LogP contribution in [-0.2, 0) is 6.54 Å². The summed E-state index contributed by atoms with van der Waals surface area (Å²) >= 11 is 0. The first-order chi connectivity index (χ1) is 14.0. The van der Waals surface area contributed by atoms with Gasteiger partial charge in [0.05, 0.1) is 6.04 Å². The van der Waals surface area contributed by atoms with Crippen molar-refractivity contribution in [2.24, 2.45) is 0 Å². The van der Waals surface area contributed by atoms with Gasteiger partial charge in [0.1, 0.15) is 29.6 Å². The Hall–Kier alpha value is -2.77. The Morgan fingerprint density at radius 3 is 2.52 bits per heavy atom. The summed E-state index contributed by atoms with van der Waals surface area (Å²) in [7, 11) is 0. The summed E-state index contributed by atoms with van der Waals surface area (Å²) in [5, 5.41) is 33.6. The molecule has 4 N–H and O–H groups in total. The lowest BCUT2D eigenvalue weighted by Gasteiger charge is -2.31. The van der Waals surface area contributed by atoms with Crippen LogP contribution in [0.5, 0.6) is 11.5 Å². The SMILES string of the molecule is Cc1ccc2cccc(Oc3ccc(CN[C@@H]4C=C[C@@H](O)[C@H](O)[C@H]4O)cc3)c2n1. The molecule has 1 heterocycles. The van der Waals surface area contributed by atoms with Gasteiger partial charge < -0.3 is 25.4 Å². The Kier molecular flexibility index (Phi) is 5.60. The highest BCUT2D eigenvalue weighted by Gasteiger charge is 2.32. The van der Waals surface area contributed by atoms with E-state index in [0.29, 0.717) is 18.0 Å². The molecule has 1 aliphatic carbocycles. The number of aromatic nitrogens is 1. The van der Waals surface area contributed by atoms with Gasteiger partial charge in [-0.25, -0.2) is 4.98 Å². The molecule has 0 unspecified atom stereocenters. The van der Waals surface area contributed by atoms with E-state index in [1.165, 1.54) is 6.08 Å². The molecule has 0 bridgehead atoms. The minimum Gasteiger partial charge on any atom is -0.455 e. The lowest BCUT2D eigenvalue weighted by Crippen LogP contribution is -2.51. The minimum absolute atomic E-state index is 0.422. The van der Waals surface area contributed by atoms with E-state index >= 15 is 0 Å². The average Bonchev–Trinajstić information content (AvgIpc) is 2.73. The summed E-state index contributed by atoms with van der Waals surface area (Å²) < 4.78 is 6.04. The standard InChI is InChI=1S/C23H24N2O4/c1-14-5-8-16-3-2-4-20(21(16)25-14)29-17-9-6-15(7-10-17)13-24-18-11-12-19(26)23(28)22(18)27/h2-12,18-19,22-24,26-28H,13H2,1H3/t18-,19-,22+,23+/m1/s1. The molecule has 0 aliphatic heterocycles. The highest BCUT2D eigenvalue weighted by atomic mass is 16.5. The van der Waals surface area contributed by atoms with E-state index in [4.69, 9.17) is 4.74 Å². The fourth-order valence-electron chi connectivity index (χ4n) is 3.40. The molecule has 0 fully saturated rings. The number of rotatable bonds is 5. The second-order valence-electron chi connectivity index (χ2n) is 7.29. The molecule has 3 aromatic rings. The van der Waals surface area contributed by atoms with Crippen molar-refractivity contribution in [2.45, 2.75) is 37.8 Å². The number of aryl methyl sites for hydroxylation is 1. The van der Waals surface area contributed by atoms with Gasteiger partial charge in [-0.3, -0.25) is 0 Å². The number of nitrogens with zero attached hydrogens (tertiary/aromatic N) is 1. The summed E-state index contributed by atoms with van der Waals surface area (Å²) in [6.45, 7) is 2.46. The molecule has 2 aromatic carbocycles. The van der Waals surface area contributed by atoms with Crippen LogP contribution in [0.1, 0.15) is 11.3 Å². The number of benzene rings is 2. The topological polar surface area (TPSA) is 94.8 Å². The van der Waals surface area contributed by atoms with Crippen molar-refractivity contribution in [1.82, 2.24) is 10.3 Å². The van der Waals surface area contributed by atoms with Crippen LogP contribution in [0.3, 0.4) is 0 Å². The Morgan fingerprint density at radius 1 is 0.931 bits per heavy atom. The number of para-hydroxylation sites is 1. The third kappa shape index (κ3) is 4.31. The van der Waals surface area contributed by atoms with E-state index < -0.39 is 24.4 Å². The van der Waals surface area contributed by atoms with Crippen molar-refractivity contribution in [3.8, 4) is 11.5 Å². The van der Waals surface area contributed by atoms with Crippen LogP contribution in [0.4, 0.5) is 0 Å². The maximum absolute atomic E-state index is 10.1. The van der Waals surface area contributed by atoms with Crippen LogP contribution < -0.4 is 10.1 Å². The molecule has 150 valence electrons. The summed E-state index contributed by atoms with van der Waals surface area (Å²) in [5.74, 6) is 1.42. The fraction of sp³-hybridized carbons (Fsp3) is 0.261. The highest BCUT2D eigenvalue weighted by molar-refractivity contribution is 5.84. The van der Waals surface area contributed by atoms with Crippen molar-refractivity contribution >= 4 is 10.9 Å². The van der Waals surface area contributed by atoms with Crippen molar-refractivity contribution in [1.29, 1.82) is 0 Å². The van der Waals surface area contributed by atoms with Gasteiger partial charge in [0.15, 0.2) is 5.75 Å². The molecule has 0 saturated heterocycles. The predicted octanol–water partition coefficient (Wildman–Crippen LogP) is 2.45. The first-order valence-electron chi connectivity index (χ1n) is 9.60. The molecule has 6 heteroatoms. The summed E-state index contributed by atoms with van der Waals surface area (Å²) in [4.78, 5) is 4.59. The third-order valence-electron chi connectivity index (χ3n) is 5.10. The molecule has 1 aromatic heterocycles. The van der Waals surface area contributed by atoms with Crippen molar-refractivity contribution in [2.75, 3.05) is 0 Å². The molecule has 0 radical (unpaired) electrons. The molecule has 0 saturated carbocycles. The number of nitrogens with one attached hydrogen (secondary N) is 1. The molecule has 29 heavy (non-hydrogen) atoms. The van der Waals surface area contributed by atoms with E-state index in [1.807, 2.05) is 61.5 Å². The predicted molar refractivity (Wildman–Crippen MR) is 111 cm³/mol. The second kappa shape index (κ2) is 8.31. The first kappa shape index (κ1) is 19.5. The molecule has 1 aliphatic rings. The van der Waals surface area contributed by atoms with E-state index in [-0.39, 0.29) is 0 Å². The van der Waals surface area contributed by atoms with Gasteiger partial charge in [-0.2, -0.15) is 0 Å². The Labute approximate surface area is 169 Å². The van der Waals surface area contributed by atoms with E-state index in [0.717, 1.165) is 22.2 Å². The van der Waals surface area contributed by atoms with E-state index in [2.05, 4.69) is 10.3 Å². The van der Waals surface area contributed by atoms with Crippen LogP contribution >= 0.6 is 0 Å². The van der Waals surface area contributed by atoms with E-state index in [9.17, 15) is 15.3 Å². The van der Waals surface area contributed by atoms with Gasteiger partial charge in [-0.1, -0.05) is 42.5 Å². The van der Waals surface area contributed by atoms with Gasteiger partial charge >= 0.3 is 0 Å². The molecular weight excluding hydrogens is 368 g/mol. The van der Waals surface area contributed by atoms with Gasteiger partial charge in [-0.15, -0.1) is 0 Å². The largest absolute Gasteiger partial charge is 0.455 e. The average molecular weight is 392 g/mol. The third-order valence-corrected chi connectivity index (χ3v) is 5.10. The first-order valence-corrected chi connectivity index (χ1v) is 9.60. The van der Waals surface area contributed by atoms with Crippen molar-refractivity contribution in [3.63, 3.8) is 0 Å². The number of aliphatic hydroxyl groups is 3. The number of ether oxygens (including phenoxy) is 1. The second-order valence-corrected chi connectivity index (χ2v) is 7.29. The highest BCUT2D eigenvalue weighted by Crippen LogP contribution is 2.29. The van der Waals surface area contributed by atoms with Crippen molar-refractivity contribution < 1.29 is 20.1 Å². The van der Waals surface area contributed by atoms with Crippen molar-refractivity contribution in [3.05, 3.63) is 78.0 Å². The molecular formula is C23H24N2O4.